The van der Waals surface area contributed by atoms with Crippen molar-refractivity contribution >= 4 is 11.6 Å². The fraction of sp³-hybridized carbons (Fsp3) is 0.538. The number of rotatable bonds is 4. The number of nitrogens with zero attached hydrogens (tertiary/aromatic N) is 3. The van der Waals surface area contributed by atoms with Gasteiger partial charge in [-0.2, -0.15) is 0 Å². The Morgan fingerprint density at radius 1 is 1.37 bits per heavy atom. The summed E-state index contributed by atoms with van der Waals surface area (Å²) in [5, 5.41) is 4.91. The second-order valence-electron chi connectivity index (χ2n) is 4.69. The van der Waals surface area contributed by atoms with Gasteiger partial charge >= 0.3 is 0 Å². The van der Waals surface area contributed by atoms with Gasteiger partial charge in [-0.05, 0) is 26.1 Å². The molecule has 1 aromatic heterocycles. The first-order chi connectivity index (χ1) is 9.19. The van der Waals surface area contributed by atoms with Crippen LogP contribution in [0.1, 0.15) is 17.4 Å². The van der Waals surface area contributed by atoms with Crippen molar-refractivity contribution in [1.29, 1.82) is 0 Å². The lowest BCUT2D eigenvalue weighted by atomic mass is 10.3. The summed E-state index contributed by atoms with van der Waals surface area (Å²) < 4.78 is 0. The quantitative estimate of drug-likeness (QED) is 0.824. The van der Waals surface area contributed by atoms with Crippen LogP contribution in [0, 0.1) is 0 Å². The number of nitrogens with one attached hydrogen (secondary N) is 2. The molecule has 0 bridgehead atoms. The molecule has 1 amide bonds. The van der Waals surface area contributed by atoms with Crippen molar-refractivity contribution in [2.75, 3.05) is 45.2 Å². The zero-order valence-corrected chi connectivity index (χ0v) is 11.5. The van der Waals surface area contributed by atoms with Gasteiger partial charge in [-0.25, -0.2) is 5.01 Å². The smallest absolute Gasteiger partial charge is 0.269 e. The van der Waals surface area contributed by atoms with Crippen LogP contribution in [0.5, 0.6) is 0 Å². The molecule has 2 rings (SSSR count). The lowest BCUT2D eigenvalue weighted by Gasteiger charge is -2.33. The van der Waals surface area contributed by atoms with Gasteiger partial charge in [0.1, 0.15) is 5.69 Å². The van der Waals surface area contributed by atoms with Crippen LogP contribution in [0.15, 0.2) is 18.3 Å². The van der Waals surface area contributed by atoms with E-state index < -0.39 is 0 Å². The van der Waals surface area contributed by atoms with Crippen LogP contribution >= 0.6 is 0 Å². The lowest BCUT2D eigenvalue weighted by molar-refractivity contribution is 0.0951. The molecule has 19 heavy (non-hydrogen) atoms. The van der Waals surface area contributed by atoms with Crippen molar-refractivity contribution in [2.24, 2.45) is 0 Å². The highest BCUT2D eigenvalue weighted by Crippen LogP contribution is 2.10. The monoisotopic (exact) mass is 263 g/mol. The first kappa shape index (κ1) is 13.8. The fourth-order valence-electron chi connectivity index (χ4n) is 1.98. The number of hydrogen-bond donors (Lipinski definition) is 2. The SMILES string of the molecule is CCNC(=O)c1cc(NN2CCN(C)CC2)ccn1. The highest BCUT2D eigenvalue weighted by Gasteiger charge is 2.14. The number of carbonyl (C=O) groups is 1. The van der Waals surface area contributed by atoms with Gasteiger partial charge < -0.3 is 15.6 Å². The van der Waals surface area contributed by atoms with E-state index in [-0.39, 0.29) is 5.91 Å². The lowest BCUT2D eigenvalue weighted by Crippen LogP contribution is -2.46. The Balaban J connectivity index is 1.97. The number of aromatic nitrogens is 1. The van der Waals surface area contributed by atoms with E-state index in [1.807, 2.05) is 13.0 Å². The molecule has 1 aliphatic rings. The molecule has 104 valence electrons. The number of pyridine rings is 1. The van der Waals surface area contributed by atoms with Crippen LogP contribution in [-0.4, -0.2) is 60.6 Å². The van der Waals surface area contributed by atoms with Gasteiger partial charge in [0.2, 0.25) is 0 Å². The molecule has 0 aliphatic carbocycles. The first-order valence-electron chi connectivity index (χ1n) is 6.63. The summed E-state index contributed by atoms with van der Waals surface area (Å²) in [7, 11) is 2.12. The van der Waals surface area contributed by atoms with Crippen LogP contribution in [0.2, 0.25) is 0 Å². The molecule has 1 fully saturated rings. The molecular weight excluding hydrogens is 242 g/mol. The zero-order valence-electron chi connectivity index (χ0n) is 11.5. The van der Waals surface area contributed by atoms with Crippen molar-refractivity contribution in [2.45, 2.75) is 6.92 Å². The Bertz CT molecular complexity index is 429. The molecule has 6 nitrogen and oxygen atoms in total. The molecule has 0 spiro atoms. The maximum Gasteiger partial charge on any atom is 0.269 e. The van der Waals surface area contributed by atoms with E-state index in [2.05, 4.69) is 32.7 Å². The third-order valence-electron chi connectivity index (χ3n) is 3.12. The first-order valence-corrected chi connectivity index (χ1v) is 6.63. The Hall–Kier alpha value is -1.66. The third kappa shape index (κ3) is 3.90. The summed E-state index contributed by atoms with van der Waals surface area (Å²) in [6.07, 6.45) is 1.66. The second kappa shape index (κ2) is 6.49. The third-order valence-corrected chi connectivity index (χ3v) is 3.12. The van der Waals surface area contributed by atoms with Crippen molar-refractivity contribution in [1.82, 2.24) is 20.2 Å². The number of hydrazine groups is 1. The molecule has 0 atom stereocenters. The molecule has 0 saturated carbocycles. The van der Waals surface area contributed by atoms with E-state index in [1.165, 1.54) is 0 Å². The van der Waals surface area contributed by atoms with Crippen molar-refractivity contribution in [3.05, 3.63) is 24.0 Å². The molecule has 1 aromatic rings. The Morgan fingerprint density at radius 2 is 2.11 bits per heavy atom. The van der Waals surface area contributed by atoms with Crippen LogP contribution < -0.4 is 10.7 Å². The Labute approximate surface area is 113 Å². The zero-order chi connectivity index (χ0) is 13.7. The molecule has 2 N–H and O–H groups in total. The number of anilines is 1. The van der Waals surface area contributed by atoms with Crippen LogP contribution in [0.25, 0.3) is 0 Å². The Morgan fingerprint density at radius 3 is 2.79 bits per heavy atom. The average Bonchev–Trinajstić information content (AvgIpc) is 2.42. The molecule has 0 radical (unpaired) electrons. The number of amides is 1. The van der Waals surface area contributed by atoms with E-state index in [4.69, 9.17) is 0 Å². The topological polar surface area (TPSA) is 60.5 Å². The van der Waals surface area contributed by atoms with Gasteiger partial charge in [-0.15, -0.1) is 0 Å². The van der Waals surface area contributed by atoms with Gasteiger partial charge in [0, 0.05) is 38.9 Å². The summed E-state index contributed by atoms with van der Waals surface area (Å²) in [6, 6.07) is 3.66. The van der Waals surface area contributed by atoms with Gasteiger partial charge in [0.05, 0.1) is 5.69 Å². The molecule has 1 saturated heterocycles. The highest BCUT2D eigenvalue weighted by atomic mass is 16.1. The van der Waals surface area contributed by atoms with Gasteiger partial charge in [-0.3, -0.25) is 9.78 Å². The van der Waals surface area contributed by atoms with Gasteiger partial charge in [0.15, 0.2) is 0 Å². The molecule has 0 unspecified atom stereocenters. The number of carbonyl (C=O) groups excluding carboxylic acids is 1. The molecule has 1 aliphatic heterocycles. The maximum absolute atomic E-state index is 11.7. The maximum atomic E-state index is 11.7. The number of hydrogen-bond acceptors (Lipinski definition) is 5. The molecule has 6 heteroatoms. The highest BCUT2D eigenvalue weighted by molar-refractivity contribution is 5.92. The molecular formula is C13H21N5O. The minimum Gasteiger partial charge on any atom is -0.351 e. The minimum atomic E-state index is -0.135. The molecule has 2 heterocycles. The van der Waals surface area contributed by atoms with E-state index in [0.29, 0.717) is 12.2 Å². The van der Waals surface area contributed by atoms with Crippen molar-refractivity contribution in [3.63, 3.8) is 0 Å². The largest absolute Gasteiger partial charge is 0.351 e. The van der Waals surface area contributed by atoms with Gasteiger partial charge in [-0.1, -0.05) is 0 Å². The second-order valence-corrected chi connectivity index (χ2v) is 4.69. The summed E-state index contributed by atoms with van der Waals surface area (Å²) in [5.41, 5.74) is 4.67. The summed E-state index contributed by atoms with van der Waals surface area (Å²) in [5.74, 6) is -0.135. The predicted octanol–water partition coefficient (Wildman–Crippen LogP) is 0.406. The van der Waals surface area contributed by atoms with Crippen LogP contribution in [0.4, 0.5) is 5.69 Å². The minimum absolute atomic E-state index is 0.135. The summed E-state index contributed by atoms with van der Waals surface area (Å²) in [6.45, 7) is 6.52. The van der Waals surface area contributed by atoms with E-state index in [1.54, 1.807) is 12.3 Å². The normalized spacial score (nSPS) is 17.2. The van der Waals surface area contributed by atoms with E-state index in [0.717, 1.165) is 31.9 Å². The Kier molecular flexibility index (Phi) is 4.70. The number of likely N-dealkylation sites (N-methyl/N-ethyl adjacent to an activating group) is 1. The van der Waals surface area contributed by atoms with E-state index in [9.17, 15) is 4.79 Å². The standard InChI is InChI=1S/C13H21N5O/c1-3-14-13(19)12-10-11(4-5-15-12)16-18-8-6-17(2)7-9-18/h4-5,10H,3,6-9H2,1-2H3,(H,14,19)(H,15,16). The number of piperazine rings is 1. The van der Waals surface area contributed by atoms with Gasteiger partial charge in [0.25, 0.3) is 5.91 Å². The average molecular weight is 263 g/mol. The predicted molar refractivity (Wildman–Crippen MR) is 74.9 cm³/mol. The molecule has 0 aromatic carbocycles. The fourth-order valence-corrected chi connectivity index (χ4v) is 1.98. The summed E-state index contributed by atoms with van der Waals surface area (Å²) in [4.78, 5) is 18.1. The van der Waals surface area contributed by atoms with Crippen LogP contribution in [-0.2, 0) is 0 Å². The van der Waals surface area contributed by atoms with Crippen molar-refractivity contribution in [3.8, 4) is 0 Å². The van der Waals surface area contributed by atoms with E-state index >= 15 is 0 Å². The van der Waals surface area contributed by atoms with Crippen molar-refractivity contribution < 1.29 is 4.79 Å². The van der Waals surface area contributed by atoms with Crippen LogP contribution in [0.3, 0.4) is 0 Å². The summed E-state index contributed by atoms with van der Waals surface area (Å²) >= 11 is 0.